The molecule has 1 aromatic carbocycles. The topological polar surface area (TPSA) is 65.3 Å². The molecule has 0 aliphatic carbocycles. The summed E-state index contributed by atoms with van der Waals surface area (Å²) in [5, 5.41) is 23.0. The lowest BCUT2D eigenvalue weighted by Gasteiger charge is -2.42. The first-order valence-corrected chi connectivity index (χ1v) is 7.14. The SMILES string of the molecule is CCCCN[C@@H]1c2cc(C#N)ccc2OC(C)(C)[C@H]1O. The van der Waals surface area contributed by atoms with Crippen molar-refractivity contribution >= 4 is 0 Å². The second kappa shape index (κ2) is 5.82. The van der Waals surface area contributed by atoms with Crippen molar-refractivity contribution < 1.29 is 9.84 Å². The minimum atomic E-state index is -0.652. The number of nitrogens with zero attached hydrogens (tertiary/aromatic N) is 1. The number of aliphatic hydroxyl groups is 1. The van der Waals surface area contributed by atoms with Crippen LogP contribution in [0.15, 0.2) is 18.2 Å². The summed E-state index contributed by atoms with van der Waals surface area (Å²) in [4.78, 5) is 0. The number of hydrogen-bond donors (Lipinski definition) is 2. The van der Waals surface area contributed by atoms with Gasteiger partial charge >= 0.3 is 0 Å². The molecule has 4 heteroatoms. The number of ether oxygens (including phenoxy) is 1. The van der Waals surface area contributed by atoms with Crippen LogP contribution in [0.25, 0.3) is 0 Å². The van der Waals surface area contributed by atoms with Gasteiger partial charge in [-0.05, 0) is 45.0 Å². The van der Waals surface area contributed by atoms with Crippen molar-refractivity contribution in [3.63, 3.8) is 0 Å². The van der Waals surface area contributed by atoms with E-state index in [-0.39, 0.29) is 6.04 Å². The molecule has 1 aliphatic heterocycles. The first-order valence-electron chi connectivity index (χ1n) is 7.14. The van der Waals surface area contributed by atoms with E-state index in [1.807, 2.05) is 19.9 Å². The number of unbranched alkanes of at least 4 members (excludes halogenated alkanes) is 1. The molecule has 108 valence electrons. The molecule has 1 aromatic rings. The molecule has 0 saturated heterocycles. The van der Waals surface area contributed by atoms with Gasteiger partial charge < -0.3 is 15.2 Å². The molecule has 20 heavy (non-hydrogen) atoms. The summed E-state index contributed by atoms with van der Waals surface area (Å²) >= 11 is 0. The third kappa shape index (κ3) is 2.79. The van der Waals surface area contributed by atoms with E-state index in [4.69, 9.17) is 10.00 Å². The Morgan fingerprint density at radius 3 is 2.85 bits per heavy atom. The maximum atomic E-state index is 10.5. The minimum absolute atomic E-state index is 0.200. The van der Waals surface area contributed by atoms with Crippen LogP contribution >= 0.6 is 0 Å². The standard InChI is InChI=1S/C16H22N2O2/c1-4-5-8-18-14-12-9-11(10-17)6-7-13(12)20-16(2,3)15(14)19/h6-7,9,14-15,18-19H,4-5,8H2,1-3H3/t14-,15+/m1/s1. The Bertz CT molecular complexity index is 520. The molecule has 0 saturated carbocycles. The van der Waals surface area contributed by atoms with E-state index in [2.05, 4.69) is 18.3 Å². The molecule has 4 nitrogen and oxygen atoms in total. The van der Waals surface area contributed by atoms with Gasteiger partial charge in [0.25, 0.3) is 0 Å². The maximum Gasteiger partial charge on any atom is 0.131 e. The van der Waals surface area contributed by atoms with Crippen LogP contribution in [0.3, 0.4) is 0 Å². The Labute approximate surface area is 120 Å². The van der Waals surface area contributed by atoms with Crippen molar-refractivity contribution in [1.29, 1.82) is 5.26 Å². The Hall–Kier alpha value is -1.57. The summed E-state index contributed by atoms with van der Waals surface area (Å²) in [5.74, 6) is 0.744. The molecule has 2 N–H and O–H groups in total. The predicted molar refractivity (Wildman–Crippen MR) is 77.5 cm³/mol. The van der Waals surface area contributed by atoms with Crippen LogP contribution in [0.2, 0.25) is 0 Å². The van der Waals surface area contributed by atoms with Crippen molar-refractivity contribution in [2.75, 3.05) is 6.54 Å². The summed E-state index contributed by atoms with van der Waals surface area (Å²) in [6.45, 7) is 6.74. The molecule has 1 heterocycles. The molecule has 0 radical (unpaired) electrons. The number of rotatable bonds is 4. The normalized spacial score (nSPS) is 23.6. The molecule has 0 unspecified atom stereocenters. The summed E-state index contributed by atoms with van der Waals surface area (Å²) in [6, 6.07) is 7.30. The van der Waals surface area contributed by atoms with E-state index in [1.54, 1.807) is 12.1 Å². The zero-order valence-corrected chi connectivity index (χ0v) is 12.3. The molecule has 0 fully saturated rings. The molecule has 2 atom stereocenters. The fourth-order valence-corrected chi connectivity index (χ4v) is 2.53. The molecule has 1 aliphatic rings. The van der Waals surface area contributed by atoms with E-state index >= 15 is 0 Å². The maximum absolute atomic E-state index is 10.5. The van der Waals surface area contributed by atoms with Gasteiger partial charge in [0, 0.05) is 5.56 Å². The van der Waals surface area contributed by atoms with Crippen LogP contribution in [-0.2, 0) is 0 Å². The fourth-order valence-electron chi connectivity index (χ4n) is 2.53. The smallest absolute Gasteiger partial charge is 0.131 e. The van der Waals surface area contributed by atoms with Crippen LogP contribution in [0.5, 0.6) is 5.75 Å². The van der Waals surface area contributed by atoms with Crippen LogP contribution in [-0.4, -0.2) is 23.4 Å². The largest absolute Gasteiger partial charge is 0.485 e. The van der Waals surface area contributed by atoms with Crippen LogP contribution in [0.1, 0.15) is 50.8 Å². The van der Waals surface area contributed by atoms with E-state index < -0.39 is 11.7 Å². The Kier molecular flexibility index (Phi) is 4.32. The van der Waals surface area contributed by atoms with Gasteiger partial charge in [-0.2, -0.15) is 5.26 Å². The number of hydrogen-bond acceptors (Lipinski definition) is 4. The second-order valence-corrected chi connectivity index (χ2v) is 5.80. The third-order valence-corrected chi connectivity index (χ3v) is 3.77. The van der Waals surface area contributed by atoms with Crippen molar-refractivity contribution in [3.05, 3.63) is 29.3 Å². The van der Waals surface area contributed by atoms with E-state index in [1.165, 1.54) is 0 Å². The van der Waals surface area contributed by atoms with Gasteiger partial charge in [-0.15, -0.1) is 0 Å². The molecule has 0 aromatic heterocycles. The predicted octanol–water partition coefficient (Wildman–Crippen LogP) is 2.52. The number of aliphatic hydroxyl groups excluding tert-OH is 1. The highest BCUT2D eigenvalue weighted by molar-refractivity contribution is 5.46. The summed E-state index contributed by atoms with van der Waals surface area (Å²) in [5.41, 5.74) is 0.805. The number of nitriles is 1. The Morgan fingerprint density at radius 1 is 1.45 bits per heavy atom. The van der Waals surface area contributed by atoms with Crippen molar-refractivity contribution in [3.8, 4) is 11.8 Å². The van der Waals surface area contributed by atoms with Gasteiger partial charge in [0.05, 0.1) is 17.7 Å². The number of benzene rings is 1. The lowest BCUT2D eigenvalue weighted by molar-refractivity contribution is -0.0644. The average molecular weight is 274 g/mol. The molecular formula is C16H22N2O2. The highest BCUT2D eigenvalue weighted by Crippen LogP contribution is 2.40. The summed E-state index contributed by atoms with van der Waals surface area (Å²) in [7, 11) is 0. The molecular weight excluding hydrogens is 252 g/mol. The van der Waals surface area contributed by atoms with Crippen LogP contribution in [0.4, 0.5) is 0 Å². The Morgan fingerprint density at radius 2 is 2.20 bits per heavy atom. The summed E-state index contributed by atoms with van der Waals surface area (Å²) in [6.07, 6.45) is 1.50. The fraction of sp³-hybridized carbons (Fsp3) is 0.562. The zero-order chi connectivity index (χ0) is 14.8. The second-order valence-electron chi connectivity index (χ2n) is 5.80. The van der Waals surface area contributed by atoms with Gasteiger partial charge in [-0.3, -0.25) is 0 Å². The van der Waals surface area contributed by atoms with Crippen molar-refractivity contribution in [1.82, 2.24) is 5.32 Å². The molecule has 0 spiro atoms. The van der Waals surface area contributed by atoms with Crippen LogP contribution in [0, 0.1) is 11.3 Å². The average Bonchev–Trinajstić information content (AvgIpc) is 2.42. The van der Waals surface area contributed by atoms with Crippen molar-refractivity contribution in [2.24, 2.45) is 0 Å². The third-order valence-electron chi connectivity index (χ3n) is 3.77. The van der Waals surface area contributed by atoms with Gasteiger partial charge in [0.15, 0.2) is 0 Å². The highest BCUT2D eigenvalue weighted by Gasteiger charge is 2.42. The zero-order valence-electron chi connectivity index (χ0n) is 12.3. The first-order chi connectivity index (χ1) is 9.49. The van der Waals surface area contributed by atoms with Gasteiger partial charge in [-0.25, -0.2) is 0 Å². The molecule has 0 amide bonds. The van der Waals surface area contributed by atoms with E-state index in [0.717, 1.165) is 30.7 Å². The quantitative estimate of drug-likeness (QED) is 0.828. The lowest BCUT2D eigenvalue weighted by Crippen LogP contribution is -2.52. The molecule has 0 bridgehead atoms. The van der Waals surface area contributed by atoms with Crippen LogP contribution < -0.4 is 10.1 Å². The number of fused-ring (bicyclic) bond motifs is 1. The summed E-state index contributed by atoms with van der Waals surface area (Å²) < 4.78 is 5.87. The van der Waals surface area contributed by atoms with Gasteiger partial charge in [0.1, 0.15) is 17.5 Å². The first kappa shape index (κ1) is 14.8. The Balaban J connectivity index is 2.35. The monoisotopic (exact) mass is 274 g/mol. The lowest BCUT2D eigenvalue weighted by atomic mass is 9.86. The number of nitrogens with one attached hydrogen (secondary N) is 1. The van der Waals surface area contributed by atoms with Gasteiger partial charge in [0.2, 0.25) is 0 Å². The van der Waals surface area contributed by atoms with E-state index in [0.29, 0.717) is 5.56 Å². The van der Waals surface area contributed by atoms with Crippen molar-refractivity contribution in [2.45, 2.75) is 51.4 Å². The minimum Gasteiger partial charge on any atom is -0.485 e. The van der Waals surface area contributed by atoms with Gasteiger partial charge in [-0.1, -0.05) is 13.3 Å². The van der Waals surface area contributed by atoms with E-state index in [9.17, 15) is 5.11 Å². The highest BCUT2D eigenvalue weighted by atomic mass is 16.5. The molecule has 2 rings (SSSR count).